The normalized spacial score (nSPS) is 11.1. The van der Waals surface area contributed by atoms with Crippen LogP contribution in [0.5, 0.6) is 0 Å². The third kappa shape index (κ3) is 8.92. The maximum atomic E-state index is 13.6. The number of fused-ring (bicyclic) bond motifs is 2. The number of hydrogen-bond acceptors (Lipinski definition) is 4. The highest BCUT2D eigenvalue weighted by molar-refractivity contribution is 7.20. The fourth-order valence-electron chi connectivity index (χ4n) is 6.40. The minimum absolute atomic E-state index is 0.229. The van der Waals surface area contributed by atoms with Gasteiger partial charge in [-0.2, -0.15) is 0 Å². The number of primary amides is 1. The lowest BCUT2D eigenvalue weighted by Crippen LogP contribution is -2.10. The molecule has 3 N–H and O–H groups in total. The molecule has 0 fully saturated rings. The summed E-state index contributed by atoms with van der Waals surface area (Å²) in [5, 5.41) is 13.1. The Morgan fingerprint density at radius 3 is 1.45 bits per heavy atom. The van der Waals surface area contributed by atoms with Gasteiger partial charge in [0, 0.05) is 68.4 Å². The van der Waals surface area contributed by atoms with Crippen molar-refractivity contribution >= 4 is 101 Å². The lowest BCUT2D eigenvalue weighted by atomic mass is 10.0. The van der Waals surface area contributed by atoms with Crippen molar-refractivity contribution in [2.24, 2.45) is 5.73 Å². The number of carbonyl (C=O) groups excluding carboxylic acids is 1. The van der Waals surface area contributed by atoms with Gasteiger partial charge in [-0.15, -0.1) is 22.7 Å². The molecule has 56 heavy (non-hydrogen) atoms. The minimum Gasteiger partial charge on any atom is -0.478 e. The van der Waals surface area contributed by atoms with Crippen molar-refractivity contribution in [3.63, 3.8) is 0 Å². The molecule has 8 rings (SSSR count). The molecule has 0 aliphatic carbocycles. The Morgan fingerprint density at radius 1 is 0.571 bits per heavy atom. The topological polar surface area (TPSA) is 80.4 Å². The Labute approximate surface area is 348 Å². The maximum Gasteiger partial charge on any atom is 0.335 e. The van der Waals surface area contributed by atoms with Crippen molar-refractivity contribution in [1.82, 2.24) is 0 Å². The summed E-state index contributed by atoms with van der Waals surface area (Å²) in [4.78, 5) is 24.9. The van der Waals surface area contributed by atoms with Crippen LogP contribution in [0.2, 0.25) is 20.1 Å². The predicted molar refractivity (Wildman–Crippen MR) is 228 cm³/mol. The van der Waals surface area contributed by atoms with Gasteiger partial charge in [-0.25, -0.2) is 13.6 Å². The Kier molecular flexibility index (Phi) is 11.8. The molecule has 4 nitrogen and oxygen atoms in total. The van der Waals surface area contributed by atoms with E-state index in [1.54, 1.807) is 71.2 Å². The zero-order chi connectivity index (χ0) is 39.7. The Bertz CT molecular complexity index is 2590. The van der Waals surface area contributed by atoms with Gasteiger partial charge in [-0.05, 0) is 118 Å². The number of thiophene rings is 2. The van der Waals surface area contributed by atoms with Crippen LogP contribution >= 0.6 is 69.1 Å². The molecule has 0 saturated carbocycles. The van der Waals surface area contributed by atoms with Crippen molar-refractivity contribution in [3.05, 3.63) is 185 Å². The molecule has 0 unspecified atom stereocenters. The van der Waals surface area contributed by atoms with Crippen LogP contribution in [-0.4, -0.2) is 17.0 Å². The monoisotopic (exact) mass is 859 g/mol. The number of carboxylic acids is 1. The van der Waals surface area contributed by atoms with Gasteiger partial charge >= 0.3 is 5.97 Å². The van der Waals surface area contributed by atoms with Crippen LogP contribution in [0.25, 0.3) is 42.4 Å². The molecule has 0 radical (unpaired) electrons. The van der Waals surface area contributed by atoms with Gasteiger partial charge in [0.25, 0.3) is 0 Å². The van der Waals surface area contributed by atoms with Gasteiger partial charge in [0.2, 0.25) is 5.91 Å². The van der Waals surface area contributed by atoms with Crippen LogP contribution in [0.1, 0.15) is 41.6 Å². The molecule has 0 atom stereocenters. The number of hydrogen-bond donors (Lipinski definition) is 2. The van der Waals surface area contributed by atoms with Crippen LogP contribution in [0, 0.1) is 11.6 Å². The average Bonchev–Trinajstić information content (AvgIpc) is 3.77. The van der Waals surface area contributed by atoms with Gasteiger partial charge in [0.15, 0.2) is 0 Å². The van der Waals surface area contributed by atoms with Crippen LogP contribution in [0.4, 0.5) is 8.78 Å². The maximum absolute atomic E-state index is 13.6. The molecule has 0 saturated heterocycles. The molecule has 0 bridgehead atoms. The fourth-order valence-corrected chi connectivity index (χ4v) is 9.93. The third-order valence-electron chi connectivity index (χ3n) is 8.84. The Balaban J connectivity index is 0.000000172. The van der Waals surface area contributed by atoms with Crippen molar-refractivity contribution in [2.75, 3.05) is 0 Å². The fraction of sp³-hybridized carbons (Fsp3) is 0.0455. The van der Waals surface area contributed by atoms with Crippen molar-refractivity contribution in [1.29, 1.82) is 0 Å². The molecular weight excluding hydrogens is 834 g/mol. The average molecular weight is 862 g/mol. The molecule has 0 spiro atoms. The highest BCUT2D eigenvalue weighted by atomic mass is 35.5. The molecule has 1 amide bonds. The minimum atomic E-state index is -0.970. The highest BCUT2D eigenvalue weighted by Gasteiger charge is 2.16. The lowest BCUT2D eigenvalue weighted by molar-refractivity contribution is 0.0696. The van der Waals surface area contributed by atoms with Crippen LogP contribution in [0.15, 0.2) is 121 Å². The summed E-state index contributed by atoms with van der Waals surface area (Å²) in [7, 11) is 0. The largest absolute Gasteiger partial charge is 0.478 e. The van der Waals surface area contributed by atoms with Crippen LogP contribution in [-0.2, 0) is 12.8 Å². The second-order valence-electron chi connectivity index (χ2n) is 12.8. The van der Waals surface area contributed by atoms with Crippen LogP contribution < -0.4 is 5.73 Å². The zero-order valence-electron chi connectivity index (χ0n) is 28.9. The summed E-state index contributed by atoms with van der Waals surface area (Å²) in [6.07, 6.45) is 1.08. The quantitative estimate of drug-likeness (QED) is 0.160. The summed E-state index contributed by atoms with van der Waals surface area (Å²) in [5.74, 6) is -2.16. The number of carboxylic acid groups (broad SMARTS) is 1. The predicted octanol–water partition coefficient (Wildman–Crippen LogP) is 14.0. The first-order valence-corrected chi connectivity index (χ1v) is 20.0. The van der Waals surface area contributed by atoms with Gasteiger partial charge in [0.1, 0.15) is 11.6 Å². The van der Waals surface area contributed by atoms with E-state index in [2.05, 4.69) is 0 Å². The molecule has 2 aromatic heterocycles. The first-order chi connectivity index (χ1) is 26.8. The smallest absolute Gasteiger partial charge is 0.335 e. The molecule has 2 heterocycles. The van der Waals surface area contributed by atoms with E-state index in [1.807, 2.05) is 48.5 Å². The number of nitrogens with two attached hydrogens (primary N) is 1. The van der Waals surface area contributed by atoms with Gasteiger partial charge in [-0.1, -0.05) is 82.8 Å². The van der Waals surface area contributed by atoms with E-state index in [9.17, 15) is 23.5 Å². The van der Waals surface area contributed by atoms with E-state index >= 15 is 0 Å². The summed E-state index contributed by atoms with van der Waals surface area (Å²) in [5.41, 5.74) is 11.2. The number of halogens is 6. The summed E-state index contributed by atoms with van der Waals surface area (Å²) < 4.78 is 29.3. The van der Waals surface area contributed by atoms with Crippen LogP contribution in [0.3, 0.4) is 0 Å². The Morgan fingerprint density at radius 2 is 1.02 bits per heavy atom. The van der Waals surface area contributed by atoms with E-state index in [4.69, 9.17) is 52.1 Å². The zero-order valence-corrected chi connectivity index (χ0v) is 33.5. The second-order valence-corrected chi connectivity index (χ2v) is 16.8. The number of amides is 1. The Hall–Kier alpha value is -4.80. The standard InChI is InChI=1S/C22H14Cl2FNOS.C22H13Cl2FO2S/c2*23-15-6-12(7-16(25)10-15)8-17-11-19-20(24)5-4-18(21(19)28-17)13-2-1-3-14(9-13)22(26)27/h1-7,9-11H,8H2,(H2,26,27);1-7,9-11H,8H2,(H,26,27). The molecule has 0 aliphatic heterocycles. The molecule has 6 aromatic carbocycles. The summed E-state index contributed by atoms with van der Waals surface area (Å²) in [6, 6.07) is 34.5. The first kappa shape index (κ1) is 39.4. The molecular formula is C44H27Cl4F2NO3S2. The van der Waals surface area contributed by atoms with E-state index < -0.39 is 11.9 Å². The van der Waals surface area contributed by atoms with Crippen molar-refractivity contribution in [2.45, 2.75) is 12.8 Å². The number of rotatable bonds is 8. The van der Waals surface area contributed by atoms with E-state index in [1.165, 1.54) is 24.3 Å². The highest BCUT2D eigenvalue weighted by Crippen LogP contribution is 2.41. The number of benzene rings is 6. The molecule has 0 aliphatic rings. The lowest BCUT2D eigenvalue weighted by Gasteiger charge is -2.06. The second kappa shape index (κ2) is 16.7. The van der Waals surface area contributed by atoms with E-state index in [0.717, 1.165) is 63.3 Å². The van der Waals surface area contributed by atoms with Crippen molar-refractivity contribution in [3.8, 4) is 22.3 Å². The van der Waals surface area contributed by atoms with E-state index in [-0.39, 0.29) is 17.2 Å². The SMILES string of the molecule is NC(=O)c1cccc(-c2ccc(Cl)c3cc(Cc4cc(F)cc(Cl)c4)sc23)c1.O=C(O)c1cccc(-c2ccc(Cl)c3cc(Cc4cc(F)cc(Cl)c4)sc23)c1. The third-order valence-corrected chi connectivity index (χ3v) is 12.3. The van der Waals surface area contributed by atoms with Gasteiger partial charge in [-0.3, -0.25) is 4.79 Å². The van der Waals surface area contributed by atoms with Crippen molar-refractivity contribution < 1.29 is 23.5 Å². The molecule has 8 aromatic rings. The molecule has 12 heteroatoms. The van der Waals surface area contributed by atoms with Gasteiger partial charge < -0.3 is 10.8 Å². The molecule has 280 valence electrons. The number of aromatic carboxylic acids is 1. The summed E-state index contributed by atoms with van der Waals surface area (Å²) in [6.45, 7) is 0. The first-order valence-electron chi connectivity index (χ1n) is 16.9. The van der Waals surface area contributed by atoms with E-state index in [0.29, 0.717) is 38.5 Å². The van der Waals surface area contributed by atoms with Gasteiger partial charge in [0.05, 0.1) is 5.56 Å². The number of carbonyl (C=O) groups is 2. The summed E-state index contributed by atoms with van der Waals surface area (Å²) >= 11 is 27.9.